The first-order valence-corrected chi connectivity index (χ1v) is 9.80. The largest absolute Gasteiger partial charge is 0.316 e. The Labute approximate surface area is 158 Å². The maximum Gasteiger partial charge on any atom is 0.279 e. The number of amides is 1. The van der Waals surface area contributed by atoms with Crippen LogP contribution in [0.25, 0.3) is 11.3 Å². The standard InChI is InChI=1S/C22H24N2OS/c1-5-19-20(17-12-10-15(3)11-13-17)24(6-2)22(26-19)23-21(25)18-9-7-8-16(4)14-18/h7-14H,5-6H2,1-4H3. The van der Waals surface area contributed by atoms with Crippen LogP contribution in [-0.2, 0) is 13.0 Å². The van der Waals surface area contributed by atoms with Crippen molar-refractivity contribution in [2.24, 2.45) is 4.99 Å². The molecular formula is C22H24N2OS. The molecule has 0 bridgehead atoms. The third kappa shape index (κ3) is 3.70. The second kappa shape index (κ2) is 7.83. The average molecular weight is 365 g/mol. The fourth-order valence-electron chi connectivity index (χ4n) is 3.03. The third-order valence-corrected chi connectivity index (χ3v) is 5.63. The van der Waals surface area contributed by atoms with Gasteiger partial charge in [-0.1, -0.05) is 54.4 Å². The lowest BCUT2D eigenvalue weighted by Crippen LogP contribution is -2.17. The van der Waals surface area contributed by atoms with Gasteiger partial charge in [-0.25, -0.2) is 0 Å². The molecular weight excluding hydrogens is 340 g/mol. The summed E-state index contributed by atoms with van der Waals surface area (Å²) in [7, 11) is 0. The number of hydrogen-bond acceptors (Lipinski definition) is 2. The van der Waals surface area contributed by atoms with Gasteiger partial charge < -0.3 is 4.57 Å². The van der Waals surface area contributed by atoms with Crippen LogP contribution < -0.4 is 4.80 Å². The smallest absolute Gasteiger partial charge is 0.279 e. The number of hydrogen-bond donors (Lipinski definition) is 0. The number of carbonyl (C=O) groups is 1. The molecule has 0 unspecified atom stereocenters. The van der Waals surface area contributed by atoms with Crippen LogP contribution >= 0.6 is 11.3 Å². The molecule has 2 aromatic carbocycles. The molecule has 0 radical (unpaired) electrons. The molecule has 0 aliphatic rings. The van der Waals surface area contributed by atoms with Crippen molar-refractivity contribution in [3.8, 4) is 11.3 Å². The van der Waals surface area contributed by atoms with E-state index in [1.807, 2.05) is 31.2 Å². The monoisotopic (exact) mass is 364 g/mol. The van der Waals surface area contributed by atoms with Gasteiger partial charge in [0.2, 0.25) is 0 Å². The lowest BCUT2D eigenvalue weighted by molar-refractivity contribution is 0.0997. The summed E-state index contributed by atoms with van der Waals surface area (Å²) in [4.78, 5) is 19.1. The number of aromatic nitrogens is 1. The van der Waals surface area contributed by atoms with Crippen molar-refractivity contribution in [1.29, 1.82) is 0 Å². The van der Waals surface area contributed by atoms with Crippen LogP contribution in [0.4, 0.5) is 0 Å². The molecule has 0 spiro atoms. The van der Waals surface area contributed by atoms with E-state index < -0.39 is 0 Å². The Kier molecular flexibility index (Phi) is 5.52. The highest BCUT2D eigenvalue weighted by molar-refractivity contribution is 7.09. The van der Waals surface area contributed by atoms with Gasteiger partial charge in [-0.2, -0.15) is 4.99 Å². The summed E-state index contributed by atoms with van der Waals surface area (Å²) in [5.74, 6) is -0.185. The lowest BCUT2D eigenvalue weighted by Gasteiger charge is -2.09. The lowest BCUT2D eigenvalue weighted by atomic mass is 10.1. The van der Waals surface area contributed by atoms with E-state index >= 15 is 0 Å². The van der Waals surface area contributed by atoms with Crippen LogP contribution in [0.5, 0.6) is 0 Å². The molecule has 3 rings (SSSR count). The number of nitrogens with zero attached hydrogens (tertiary/aromatic N) is 2. The number of carbonyl (C=O) groups excluding carboxylic acids is 1. The van der Waals surface area contributed by atoms with Crippen molar-refractivity contribution in [3.05, 3.63) is 74.9 Å². The molecule has 1 aromatic heterocycles. The van der Waals surface area contributed by atoms with Crippen molar-refractivity contribution in [3.63, 3.8) is 0 Å². The Bertz CT molecular complexity index is 994. The predicted octanol–water partition coefficient (Wildman–Crippen LogP) is 5.16. The third-order valence-electron chi connectivity index (χ3n) is 4.40. The molecule has 3 nitrogen and oxygen atoms in total. The maximum atomic E-state index is 12.7. The highest BCUT2D eigenvalue weighted by Crippen LogP contribution is 2.27. The molecule has 0 fully saturated rings. The normalized spacial score (nSPS) is 11.8. The molecule has 0 saturated heterocycles. The molecule has 1 amide bonds. The van der Waals surface area contributed by atoms with Crippen LogP contribution in [0, 0.1) is 13.8 Å². The van der Waals surface area contributed by atoms with E-state index in [1.54, 1.807) is 11.3 Å². The van der Waals surface area contributed by atoms with Gasteiger partial charge in [-0.15, -0.1) is 11.3 Å². The molecule has 0 atom stereocenters. The fraction of sp³-hybridized carbons (Fsp3) is 0.273. The van der Waals surface area contributed by atoms with E-state index in [-0.39, 0.29) is 5.91 Å². The molecule has 0 aliphatic heterocycles. The van der Waals surface area contributed by atoms with E-state index in [0.29, 0.717) is 5.56 Å². The summed E-state index contributed by atoms with van der Waals surface area (Å²) in [5.41, 5.74) is 5.29. The van der Waals surface area contributed by atoms with Crippen molar-refractivity contribution < 1.29 is 4.79 Å². The zero-order valence-electron chi connectivity index (χ0n) is 15.7. The van der Waals surface area contributed by atoms with E-state index in [1.165, 1.54) is 21.7 Å². The summed E-state index contributed by atoms with van der Waals surface area (Å²) in [6.45, 7) is 9.10. The van der Waals surface area contributed by atoms with Crippen molar-refractivity contribution in [2.45, 2.75) is 40.7 Å². The first kappa shape index (κ1) is 18.3. The van der Waals surface area contributed by atoms with Crippen LogP contribution in [0.2, 0.25) is 0 Å². The Morgan fingerprint density at radius 1 is 1.04 bits per heavy atom. The highest BCUT2D eigenvalue weighted by atomic mass is 32.1. The molecule has 26 heavy (non-hydrogen) atoms. The first-order valence-electron chi connectivity index (χ1n) is 8.98. The predicted molar refractivity (Wildman–Crippen MR) is 109 cm³/mol. The van der Waals surface area contributed by atoms with Gasteiger partial charge in [-0.05, 0) is 44.9 Å². The van der Waals surface area contributed by atoms with Crippen LogP contribution in [-0.4, -0.2) is 10.5 Å². The molecule has 134 valence electrons. The Balaban J connectivity index is 2.13. The summed E-state index contributed by atoms with van der Waals surface area (Å²) in [6.07, 6.45) is 0.919. The van der Waals surface area contributed by atoms with Gasteiger partial charge in [0, 0.05) is 17.0 Å². The topological polar surface area (TPSA) is 34.4 Å². The second-order valence-electron chi connectivity index (χ2n) is 6.41. The first-order chi connectivity index (χ1) is 12.5. The molecule has 0 N–H and O–H groups in total. The molecule has 3 aromatic rings. The van der Waals surface area contributed by atoms with E-state index in [4.69, 9.17) is 0 Å². The minimum atomic E-state index is -0.185. The zero-order valence-corrected chi connectivity index (χ0v) is 16.6. The van der Waals surface area contributed by atoms with E-state index in [2.05, 4.69) is 54.6 Å². The van der Waals surface area contributed by atoms with Crippen LogP contribution in [0.3, 0.4) is 0 Å². The van der Waals surface area contributed by atoms with E-state index in [0.717, 1.165) is 23.3 Å². The summed E-state index contributed by atoms with van der Waals surface area (Å²) in [5, 5.41) is 0. The zero-order chi connectivity index (χ0) is 18.7. The average Bonchev–Trinajstić information content (AvgIpc) is 2.99. The molecule has 1 heterocycles. The van der Waals surface area contributed by atoms with Gasteiger partial charge in [0.05, 0.1) is 5.69 Å². The SMILES string of the molecule is CCc1sc(=NC(=O)c2cccc(C)c2)n(CC)c1-c1ccc(C)cc1. The maximum absolute atomic E-state index is 12.7. The van der Waals surface area contributed by atoms with Gasteiger partial charge >= 0.3 is 0 Å². The van der Waals surface area contributed by atoms with Crippen molar-refractivity contribution in [1.82, 2.24) is 4.57 Å². The van der Waals surface area contributed by atoms with E-state index in [9.17, 15) is 4.79 Å². The van der Waals surface area contributed by atoms with Gasteiger partial charge in [0.25, 0.3) is 5.91 Å². The summed E-state index contributed by atoms with van der Waals surface area (Å²) < 4.78 is 2.15. The molecule has 4 heteroatoms. The van der Waals surface area contributed by atoms with Crippen molar-refractivity contribution >= 4 is 17.2 Å². The van der Waals surface area contributed by atoms with Gasteiger partial charge in [-0.3, -0.25) is 4.79 Å². The number of rotatable bonds is 4. The number of thiazole rings is 1. The fourth-order valence-corrected chi connectivity index (χ4v) is 4.18. The van der Waals surface area contributed by atoms with Crippen LogP contribution in [0.1, 0.15) is 40.2 Å². The number of benzene rings is 2. The van der Waals surface area contributed by atoms with Crippen LogP contribution in [0.15, 0.2) is 53.5 Å². The minimum absolute atomic E-state index is 0.185. The number of aryl methyl sites for hydroxylation is 3. The highest BCUT2D eigenvalue weighted by Gasteiger charge is 2.14. The van der Waals surface area contributed by atoms with Gasteiger partial charge in [0.15, 0.2) is 4.80 Å². The second-order valence-corrected chi connectivity index (χ2v) is 7.47. The Morgan fingerprint density at radius 3 is 2.38 bits per heavy atom. The Morgan fingerprint density at radius 2 is 1.77 bits per heavy atom. The molecule has 0 saturated carbocycles. The minimum Gasteiger partial charge on any atom is -0.316 e. The Hall–Kier alpha value is -2.46. The molecule has 0 aliphatic carbocycles. The van der Waals surface area contributed by atoms with Crippen molar-refractivity contribution in [2.75, 3.05) is 0 Å². The summed E-state index contributed by atoms with van der Waals surface area (Å²) >= 11 is 1.61. The quantitative estimate of drug-likeness (QED) is 0.630. The summed E-state index contributed by atoms with van der Waals surface area (Å²) in [6, 6.07) is 16.1. The van der Waals surface area contributed by atoms with Gasteiger partial charge in [0.1, 0.15) is 0 Å².